The average molecular weight is 763 g/mol. The van der Waals surface area contributed by atoms with Crippen LogP contribution in [0.2, 0.25) is 0 Å². The molecule has 0 aromatic rings. The Bertz CT molecular complexity index is 1350. The molecular formula is C28H39FN8O10S3. The van der Waals surface area contributed by atoms with Gasteiger partial charge in [0.15, 0.2) is 17.8 Å². The number of esters is 2. The number of nitrogens with two attached hydrogens (primary N) is 1. The first-order chi connectivity index (χ1) is 24.1. The molecule has 0 aromatic heterocycles. The number of hydrogen-bond acceptors (Lipinski definition) is 20. The molecule has 4 aliphatic rings. The Kier molecular flexibility index (Phi) is 15.8. The molecule has 0 spiro atoms. The quantitative estimate of drug-likeness (QED) is 0.0933. The molecule has 22 heteroatoms. The lowest BCUT2D eigenvalue weighted by Crippen LogP contribution is -2.43. The number of guanidine groups is 1. The molecule has 3 unspecified atom stereocenters. The molecule has 1 saturated heterocycles. The van der Waals surface area contributed by atoms with Gasteiger partial charge in [0.25, 0.3) is 0 Å². The second kappa shape index (κ2) is 20.2. The Morgan fingerprint density at radius 1 is 1.10 bits per heavy atom. The lowest BCUT2D eigenvalue weighted by molar-refractivity contribution is -0.146. The van der Waals surface area contributed by atoms with Crippen LogP contribution in [-0.2, 0) is 38.0 Å². The molecule has 0 bridgehead atoms. The molecule has 50 heavy (non-hydrogen) atoms. The van der Waals surface area contributed by atoms with Gasteiger partial charge in [0, 0.05) is 56.0 Å². The van der Waals surface area contributed by atoms with Crippen molar-refractivity contribution in [2.45, 2.75) is 44.1 Å². The van der Waals surface area contributed by atoms with Crippen LogP contribution in [0.5, 0.6) is 0 Å². The zero-order valence-electron chi connectivity index (χ0n) is 27.3. The van der Waals surface area contributed by atoms with E-state index in [2.05, 4.69) is 25.3 Å². The van der Waals surface area contributed by atoms with E-state index in [1.165, 1.54) is 53.4 Å². The summed E-state index contributed by atoms with van der Waals surface area (Å²) in [4.78, 5) is 67.1. The molecule has 4 aliphatic heterocycles. The number of amides is 1. The third kappa shape index (κ3) is 13.2. The summed E-state index contributed by atoms with van der Waals surface area (Å²) in [5, 5.41) is 2.53. The highest BCUT2D eigenvalue weighted by atomic mass is 33.1. The summed E-state index contributed by atoms with van der Waals surface area (Å²) >= 11 is 1.43. The zero-order chi connectivity index (χ0) is 35.9. The molecule has 276 valence electrons. The highest BCUT2D eigenvalue weighted by molar-refractivity contribution is 8.76. The summed E-state index contributed by atoms with van der Waals surface area (Å²) in [6.45, 7) is 3.74. The fourth-order valence-corrected chi connectivity index (χ4v) is 7.14. The van der Waals surface area contributed by atoms with E-state index in [-0.39, 0.29) is 63.5 Å². The van der Waals surface area contributed by atoms with Gasteiger partial charge in [-0.05, 0) is 6.42 Å². The number of halogens is 1. The smallest absolute Gasteiger partial charge is 0.465 e. The first kappa shape index (κ1) is 39.0. The summed E-state index contributed by atoms with van der Waals surface area (Å²) < 4.78 is 45.1. The van der Waals surface area contributed by atoms with Gasteiger partial charge in [0.1, 0.15) is 44.2 Å². The second-order valence-electron chi connectivity index (χ2n) is 10.7. The number of amidine groups is 1. The van der Waals surface area contributed by atoms with Gasteiger partial charge in [-0.15, -0.1) is 11.8 Å². The summed E-state index contributed by atoms with van der Waals surface area (Å²) in [5.74, 6) is -0.216. The SMILES string of the molecule is CC(=O)OCC(CCN1C=NC2C=NC(NC(=O)OCCSSCCOC(=O)OC[C@@H]3OC(N4C=C(F)C(N)=NC4)CS3)=NC21)COC(C)=O. The summed E-state index contributed by atoms with van der Waals surface area (Å²) in [6.07, 6.45) is 2.66. The Morgan fingerprint density at radius 2 is 1.82 bits per heavy atom. The zero-order valence-corrected chi connectivity index (χ0v) is 29.8. The van der Waals surface area contributed by atoms with E-state index in [0.717, 1.165) is 0 Å². The maximum Gasteiger partial charge on any atom is 0.508 e. The van der Waals surface area contributed by atoms with Crippen LogP contribution in [0.1, 0.15) is 20.3 Å². The number of fused-ring (bicyclic) bond motifs is 1. The number of nitrogens with zero attached hydrogens (tertiary/aromatic N) is 6. The van der Waals surface area contributed by atoms with Crippen LogP contribution in [0.15, 0.2) is 32.0 Å². The van der Waals surface area contributed by atoms with Crippen molar-refractivity contribution in [3.8, 4) is 0 Å². The predicted octanol–water partition coefficient (Wildman–Crippen LogP) is 1.72. The van der Waals surface area contributed by atoms with Crippen LogP contribution in [0.25, 0.3) is 0 Å². The number of carbonyl (C=O) groups is 4. The Labute approximate surface area is 299 Å². The van der Waals surface area contributed by atoms with Gasteiger partial charge >= 0.3 is 24.2 Å². The van der Waals surface area contributed by atoms with Crippen LogP contribution < -0.4 is 11.1 Å². The monoisotopic (exact) mass is 762 g/mol. The fraction of sp³-hybridized carbons (Fsp3) is 0.643. The number of aliphatic imine (C=N–C) groups is 4. The number of nitrogens with one attached hydrogen (secondary N) is 1. The van der Waals surface area contributed by atoms with E-state index in [4.69, 9.17) is 34.2 Å². The molecule has 1 fully saturated rings. The van der Waals surface area contributed by atoms with Crippen LogP contribution in [0.4, 0.5) is 14.0 Å². The number of hydrogen-bond donors (Lipinski definition) is 2. The summed E-state index contributed by atoms with van der Waals surface area (Å²) in [6, 6.07) is -0.323. The number of rotatable bonds is 17. The maximum atomic E-state index is 13.7. The van der Waals surface area contributed by atoms with Crippen LogP contribution >= 0.6 is 33.3 Å². The van der Waals surface area contributed by atoms with E-state index >= 15 is 0 Å². The van der Waals surface area contributed by atoms with Crippen molar-refractivity contribution in [1.82, 2.24) is 15.1 Å². The largest absolute Gasteiger partial charge is 0.508 e. The third-order valence-corrected chi connectivity index (χ3v) is 10.4. The van der Waals surface area contributed by atoms with Crippen molar-refractivity contribution < 1.29 is 52.0 Å². The molecule has 4 rings (SSSR count). The van der Waals surface area contributed by atoms with Gasteiger partial charge in [0.2, 0.25) is 5.96 Å². The fourth-order valence-electron chi connectivity index (χ4n) is 4.46. The van der Waals surface area contributed by atoms with E-state index in [0.29, 0.717) is 30.2 Å². The normalized spacial score (nSPS) is 22.4. The minimum absolute atomic E-state index is 0.0177. The Hall–Kier alpha value is -3.76. The lowest BCUT2D eigenvalue weighted by Gasteiger charge is -2.27. The highest BCUT2D eigenvalue weighted by Gasteiger charge is 2.34. The molecule has 0 aliphatic carbocycles. The van der Waals surface area contributed by atoms with Crippen molar-refractivity contribution in [2.75, 3.05) is 63.5 Å². The molecule has 4 atom stereocenters. The highest BCUT2D eigenvalue weighted by Crippen LogP contribution is 2.29. The van der Waals surface area contributed by atoms with Crippen molar-refractivity contribution >= 4 is 81.9 Å². The van der Waals surface area contributed by atoms with Crippen molar-refractivity contribution in [3.63, 3.8) is 0 Å². The third-order valence-electron chi connectivity index (χ3n) is 6.93. The van der Waals surface area contributed by atoms with Gasteiger partial charge in [0.05, 0.1) is 19.6 Å². The minimum atomic E-state index is -0.820. The van der Waals surface area contributed by atoms with E-state index in [1.54, 1.807) is 17.5 Å². The molecule has 0 aromatic carbocycles. The maximum absolute atomic E-state index is 13.7. The van der Waals surface area contributed by atoms with Gasteiger partial charge < -0.3 is 44.0 Å². The standard InChI is InChI=1S/C28H39FN8O10S3/c1-17(38)44-11-19(12-45-18(2)39)3-4-36-15-32-21-9-31-26(34-25(21)36)35-27(40)42-5-7-49-50-8-6-43-28(41)46-13-23-47-22(14-48-23)37-10-20(29)24(30)33-16-37/h9-10,15,19,21-23,25H,3-8,11-14,16H2,1-2H3,(H2,30,33)(H,34,35,40)/t21?,22?,23-,25?/m1/s1. The molecule has 18 nitrogen and oxygen atoms in total. The van der Waals surface area contributed by atoms with Gasteiger partial charge in [-0.3, -0.25) is 19.9 Å². The molecule has 1 amide bonds. The molecule has 4 heterocycles. The van der Waals surface area contributed by atoms with Crippen molar-refractivity contribution in [1.29, 1.82) is 0 Å². The summed E-state index contributed by atoms with van der Waals surface area (Å²) in [7, 11) is 2.87. The lowest BCUT2D eigenvalue weighted by atomic mass is 10.1. The van der Waals surface area contributed by atoms with Crippen LogP contribution in [0.3, 0.4) is 0 Å². The number of thioether (sulfide) groups is 1. The van der Waals surface area contributed by atoms with Gasteiger partial charge in [-0.1, -0.05) is 21.6 Å². The topological polar surface area (TPSA) is 218 Å². The number of ether oxygens (including phenoxy) is 6. The van der Waals surface area contributed by atoms with E-state index in [9.17, 15) is 23.6 Å². The average Bonchev–Trinajstić information content (AvgIpc) is 3.73. The van der Waals surface area contributed by atoms with Crippen LogP contribution in [-0.4, -0.2) is 146 Å². The van der Waals surface area contributed by atoms with Gasteiger partial charge in [-0.2, -0.15) is 0 Å². The molecule has 0 radical (unpaired) electrons. The first-order valence-electron chi connectivity index (χ1n) is 15.4. The molecule has 0 saturated carbocycles. The van der Waals surface area contributed by atoms with Crippen LogP contribution in [0, 0.1) is 5.92 Å². The van der Waals surface area contributed by atoms with Crippen molar-refractivity contribution in [3.05, 3.63) is 12.0 Å². The van der Waals surface area contributed by atoms with Crippen molar-refractivity contribution in [2.24, 2.45) is 31.6 Å². The number of carbonyl (C=O) groups excluding carboxylic acids is 4. The van der Waals surface area contributed by atoms with E-state index in [1.807, 2.05) is 4.90 Å². The molecule has 3 N–H and O–H groups in total. The Morgan fingerprint density at radius 3 is 2.52 bits per heavy atom. The predicted molar refractivity (Wildman–Crippen MR) is 185 cm³/mol. The Balaban J connectivity index is 1.03. The second-order valence-corrected chi connectivity index (χ2v) is 14.6. The first-order valence-corrected chi connectivity index (χ1v) is 19.0. The molecular weight excluding hydrogens is 724 g/mol. The number of alkyl carbamates (subject to hydrolysis) is 1. The van der Waals surface area contributed by atoms with Gasteiger partial charge in [-0.25, -0.2) is 29.0 Å². The van der Waals surface area contributed by atoms with E-state index < -0.39 is 47.8 Å². The summed E-state index contributed by atoms with van der Waals surface area (Å²) in [5.41, 5.74) is 5.01. The minimum Gasteiger partial charge on any atom is -0.465 e.